The average Bonchev–Trinajstić information content (AvgIpc) is 2.73. The number of aryl methyl sites for hydroxylation is 1. The lowest BCUT2D eigenvalue weighted by atomic mass is 10.2. The fourth-order valence-corrected chi connectivity index (χ4v) is 2.78. The van der Waals surface area contributed by atoms with Crippen molar-refractivity contribution in [3.63, 3.8) is 0 Å². The van der Waals surface area contributed by atoms with Crippen molar-refractivity contribution in [2.24, 2.45) is 7.05 Å². The highest BCUT2D eigenvalue weighted by atomic mass is 32.2. The second-order valence-electron chi connectivity index (χ2n) is 3.91. The first-order valence-corrected chi connectivity index (χ1v) is 6.98. The Morgan fingerprint density at radius 3 is 2.68 bits per heavy atom. The number of rotatable bonds is 6. The van der Waals surface area contributed by atoms with E-state index in [4.69, 9.17) is 10.4 Å². The molecular weight excluding hydrogens is 272 g/mol. The molecule has 0 aliphatic heterocycles. The molecule has 0 fully saturated rings. The molecule has 1 rings (SSSR count). The number of nitrogens with zero attached hydrogens (tertiary/aromatic N) is 3. The Labute approximate surface area is 110 Å². The standard InChI is InChI=1S/C10H14N4O4S/c1-3-8(4-11)19(17,18)13-9(10(15)16)7-5-12-14(2)6-7/h5-6,8-9,13H,3H2,1-2H3,(H,15,16). The number of hydrogen-bond donors (Lipinski definition) is 2. The first-order valence-electron chi connectivity index (χ1n) is 5.44. The zero-order chi connectivity index (χ0) is 14.6. The van der Waals surface area contributed by atoms with E-state index in [1.54, 1.807) is 13.1 Å². The van der Waals surface area contributed by atoms with Crippen LogP contribution in [0.5, 0.6) is 0 Å². The Hall–Kier alpha value is -1.92. The lowest BCUT2D eigenvalue weighted by molar-refractivity contribution is -0.139. The Bertz CT molecular complexity index is 601. The van der Waals surface area contributed by atoms with E-state index >= 15 is 0 Å². The molecular formula is C10H14N4O4S. The van der Waals surface area contributed by atoms with Crippen molar-refractivity contribution >= 4 is 16.0 Å². The number of nitrogens with one attached hydrogen (secondary N) is 1. The Morgan fingerprint density at radius 2 is 2.32 bits per heavy atom. The van der Waals surface area contributed by atoms with E-state index in [9.17, 15) is 13.2 Å². The van der Waals surface area contributed by atoms with Crippen LogP contribution in [0.4, 0.5) is 0 Å². The molecule has 0 bridgehead atoms. The number of carboxylic acid groups (broad SMARTS) is 1. The van der Waals surface area contributed by atoms with E-state index in [0.29, 0.717) is 0 Å². The maximum atomic E-state index is 11.9. The predicted molar refractivity (Wildman–Crippen MR) is 65.3 cm³/mol. The van der Waals surface area contributed by atoms with Gasteiger partial charge in [-0.1, -0.05) is 6.92 Å². The second-order valence-corrected chi connectivity index (χ2v) is 5.80. The number of aliphatic carboxylic acids is 1. The zero-order valence-corrected chi connectivity index (χ0v) is 11.3. The van der Waals surface area contributed by atoms with E-state index in [2.05, 4.69) is 5.10 Å². The van der Waals surface area contributed by atoms with Gasteiger partial charge in [-0.05, 0) is 6.42 Å². The van der Waals surface area contributed by atoms with Gasteiger partial charge >= 0.3 is 5.97 Å². The van der Waals surface area contributed by atoms with Crippen LogP contribution in [0.15, 0.2) is 12.4 Å². The van der Waals surface area contributed by atoms with Crippen LogP contribution < -0.4 is 4.72 Å². The van der Waals surface area contributed by atoms with Crippen LogP contribution in [0.25, 0.3) is 0 Å². The number of carbonyl (C=O) groups is 1. The van der Waals surface area contributed by atoms with E-state index in [1.807, 2.05) is 4.72 Å². The molecule has 8 nitrogen and oxygen atoms in total. The van der Waals surface area contributed by atoms with E-state index in [-0.39, 0.29) is 12.0 Å². The van der Waals surface area contributed by atoms with Gasteiger partial charge in [0.15, 0.2) is 5.25 Å². The highest BCUT2D eigenvalue weighted by Crippen LogP contribution is 2.15. The number of carboxylic acids is 1. The molecule has 0 aliphatic carbocycles. The molecule has 19 heavy (non-hydrogen) atoms. The third-order valence-electron chi connectivity index (χ3n) is 2.48. The fraction of sp³-hybridized carbons (Fsp3) is 0.500. The molecule has 0 saturated heterocycles. The molecule has 1 heterocycles. The van der Waals surface area contributed by atoms with E-state index in [0.717, 1.165) is 0 Å². The highest BCUT2D eigenvalue weighted by Gasteiger charge is 2.31. The predicted octanol–water partition coefficient (Wildman–Crippen LogP) is -0.233. The molecule has 0 amide bonds. The van der Waals surface area contributed by atoms with Crippen molar-refractivity contribution in [1.29, 1.82) is 5.26 Å². The summed E-state index contributed by atoms with van der Waals surface area (Å²) >= 11 is 0. The fourth-order valence-electron chi connectivity index (χ4n) is 1.48. The zero-order valence-electron chi connectivity index (χ0n) is 10.4. The molecule has 2 N–H and O–H groups in total. The summed E-state index contributed by atoms with van der Waals surface area (Å²) in [5.41, 5.74) is 0.200. The van der Waals surface area contributed by atoms with Crippen LogP contribution >= 0.6 is 0 Å². The van der Waals surface area contributed by atoms with Gasteiger partial charge in [0.05, 0.1) is 12.3 Å². The number of nitriles is 1. The van der Waals surface area contributed by atoms with Crippen molar-refractivity contribution in [3.8, 4) is 6.07 Å². The maximum absolute atomic E-state index is 11.9. The minimum atomic E-state index is -4.03. The summed E-state index contributed by atoms with van der Waals surface area (Å²) in [7, 11) is -2.45. The summed E-state index contributed by atoms with van der Waals surface area (Å²) in [6, 6.07) is 0.171. The molecule has 9 heteroatoms. The van der Waals surface area contributed by atoms with E-state index in [1.165, 1.54) is 24.0 Å². The minimum absolute atomic E-state index is 0.0746. The van der Waals surface area contributed by atoms with Crippen LogP contribution in [0, 0.1) is 11.3 Å². The highest BCUT2D eigenvalue weighted by molar-refractivity contribution is 7.90. The van der Waals surface area contributed by atoms with Crippen LogP contribution in [0.2, 0.25) is 0 Å². The molecule has 0 saturated carbocycles. The third kappa shape index (κ3) is 3.52. The van der Waals surface area contributed by atoms with Gasteiger partial charge in [0, 0.05) is 18.8 Å². The Kier molecular flexibility index (Phi) is 4.63. The average molecular weight is 286 g/mol. The Morgan fingerprint density at radius 1 is 1.68 bits per heavy atom. The quantitative estimate of drug-likeness (QED) is 0.744. The summed E-state index contributed by atoms with van der Waals surface area (Å²) in [4.78, 5) is 11.1. The first kappa shape index (κ1) is 15.1. The van der Waals surface area contributed by atoms with Crippen molar-refractivity contribution in [2.45, 2.75) is 24.6 Å². The maximum Gasteiger partial charge on any atom is 0.326 e. The van der Waals surface area contributed by atoms with Crippen LogP contribution in [-0.2, 0) is 21.9 Å². The third-order valence-corrected chi connectivity index (χ3v) is 4.23. The first-order chi connectivity index (χ1) is 8.81. The van der Waals surface area contributed by atoms with Crippen molar-refractivity contribution < 1.29 is 18.3 Å². The SMILES string of the molecule is CCC(C#N)S(=O)(=O)NC(C(=O)O)c1cnn(C)c1. The number of aromatic nitrogens is 2. The molecule has 1 aromatic heterocycles. The van der Waals surface area contributed by atoms with Crippen molar-refractivity contribution in [1.82, 2.24) is 14.5 Å². The summed E-state index contributed by atoms with van der Waals surface area (Å²) < 4.78 is 27.1. The minimum Gasteiger partial charge on any atom is -0.480 e. The van der Waals surface area contributed by atoms with Gasteiger partial charge in [-0.3, -0.25) is 9.48 Å². The van der Waals surface area contributed by atoms with Gasteiger partial charge in [0.25, 0.3) is 0 Å². The summed E-state index contributed by atoms with van der Waals surface area (Å²) in [5.74, 6) is -1.36. The van der Waals surface area contributed by atoms with Crippen LogP contribution in [0.3, 0.4) is 0 Å². The molecule has 0 aliphatic rings. The summed E-state index contributed by atoms with van der Waals surface area (Å²) in [6.07, 6.45) is 2.73. The number of sulfonamides is 1. The summed E-state index contributed by atoms with van der Waals surface area (Å²) in [5, 5.41) is 20.3. The largest absolute Gasteiger partial charge is 0.480 e. The van der Waals surface area contributed by atoms with Crippen LogP contribution in [-0.4, -0.2) is 34.5 Å². The summed E-state index contributed by atoms with van der Waals surface area (Å²) in [6.45, 7) is 1.53. The number of hydrogen-bond acceptors (Lipinski definition) is 5. The molecule has 0 aromatic carbocycles. The van der Waals surface area contributed by atoms with Crippen molar-refractivity contribution in [2.75, 3.05) is 0 Å². The van der Waals surface area contributed by atoms with Gasteiger partial charge in [0.2, 0.25) is 10.0 Å². The lowest BCUT2D eigenvalue weighted by Gasteiger charge is -2.15. The lowest BCUT2D eigenvalue weighted by Crippen LogP contribution is -2.39. The van der Waals surface area contributed by atoms with Crippen LogP contribution in [0.1, 0.15) is 24.9 Å². The second kappa shape index (κ2) is 5.81. The molecule has 0 spiro atoms. The van der Waals surface area contributed by atoms with Gasteiger partial charge < -0.3 is 5.11 Å². The molecule has 1 aromatic rings. The molecule has 0 radical (unpaired) electrons. The monoisotopic (exact) mass is 286 g/mol. The topological polar surface area (TPSA) is 125 Å². The molecule has 2 atom stereocenters. The van der Waals surface area contributed by atoms with E-state index < -0.39 is 27.3 Å². The molecule has 104 valence electrons. The normalized spacial score (nSPS) is 14.6. The van der Waals surface area contributed by atoms with Gasteiger partial charge in [-0.15, -0.1) is 0 Å². The van der Waals surface area contributed by atoms with Gasteiger partial charge in [-0.2, -0.15) is 15.1 Å². The van der Waals surface area contributed by atoms with Crippen molar-refractivity contribution in [3.05, 3.63) is 18.0 Å². The Balaban J connectivity index is 3.05. The van der Waals surface area contributed by atoms with Gasteiger partial charge in [0.1, 0.15) is 6.04 Å². The smallest absolute Gasteiger partial charge is 0.326 e. The molecule has 2 unspecified atom stereocenters. The van der Waals surface area contributed by atoms with Gasteiger partial charge in [-0.25, -0.2) is 8.42 Å².